The van der Waals surface area contributed by atoms with Crippen molar-refractivity contribution in [2.24, 2.45) is 5.92 Å². The SMILES string of the molecule is Cc1nnc(COC(=O)/C(C#N)=C/c2cc(C)n(CCC(C)C)c2C)o1. The minimum Gasteiger partial charge on any atom is -0.451 e. The predicted octanol–water partition coefficient (Wildman–Crippen LogP) is 3.49. The lowest BCUT2D eigenvalue weighted by Gasteiger charge is -2.11. The van der Waals surface area contributed by atoms with E-state index in [9.17, 15) is 10.1 Å². The summed E-state index contributed by atoms with van der Waals surface area (Å²) in [6.07, 6.45) is 2.63. The van der Waals surface area contributed by atoms with Gasteiger partial charge in [0.2, 0.25) is 5.89 Å². The number of hydrogen-bond acceptors (Lipinski definition) is 6. The lowest BCUT2D eigenvalue weighted by Crippen LogP contribution is -2.07. The highest BCUT2D eigenvalue weighted by Gasteiger charge is 2.15. The first-order valence-electron chi connectivity index (χ1n) is 8.56. The van der Waals surface area contributed by atoms with Gasteiger partial charge in [0.05, 0.1) is 0 Å². The second kappa shape index (κ2) is 8.48. The molecule has 0 saturated heterocycles. The van der Waals surface area contributed by atoms with Gasteiger partial charge in [-0.05, 0) is 43.9 Å². The fourth-order valence-electron chi connectivity index (χ4n) is 2.60. The molecule has 0 aromatic carbocycles. The number of rotatable bonds is 7. The topological polar surface area (TPSA) is 93.9 Å². The van der Waals surface area contributed by atoms with Gasteiger partial charge in [-0.25, -0.2) is 4.79 Å². The Bertz CT molecular complexity index is 853. The quantitative estimate of drug-likeness (QED) is 0.428. The number of nitriles is 1. The highest BCUT2D eigenvalue weighted by molar-refractivity contribution is 5.98. The van der Waals surface area contributed by atoms with E-state index in [0.29, 0.717) is 11.8 Å². The Morgan fingerprint density at radius 3 is 2.69 bits per heavy atom. The molecule has 2 heterocycles. The van der Waals surface area contributed by atoms with Crippen molar-refractivity contribution in [2.45, 2.75) is 54.2 Å². The summed E-state index contributed by atoms with van der Waals surface area (Å²) in [5.74, 6) is 0.476. The third-order valence-electron chi connectivity index (χ3n) is 4.08. The maximum Gasteiger partial charge on any atom is 0.349 e. The molecule has 0 atom stereocenters. The molecule has 0 saturated carbocycles. The fraction of sp³-hybridized carbons (Fsp3) is 0.474. The third-order valence-corrected chi connectivity index (χ3v) is 4.08. The molecule has 138 valence electrons. The third kappa shape index (κ3) is 4.82. The number of carbonyl (C=O) groups excluding carboxylic acids is 1. The van der Waals surface area contributed by atoms with Crippen LogP contribution in [0.2, 0.25) is 0 Å². The van der Waals surface area contributed by atoms with Crippen molar-refractivity contribution in [1.29, 1.82) is 5.26 Å². The summed E-state index contributed by atoms with van der Waals surface area (Å²) in [6.45, 7) is 10.8. The highest BCUT2D eigenvalue weighted by Crippen LogP contribution is 2.20. The molecule has 0 fully saturated rings. The van der Waals surface area contributed by atoms with Crippen LogP contribution >= 0.6 is 0 Å². The highest BCUT2D eigenvalue weighted by atomic mass is 16.5. The summed E-state index contributed by atoms with van der Waals surface area (Å²) in [6, 6.07) is 3.88. The molecule has 7 nitrogen and oxygen atoms in total. The van der Waals surface area contributed by atoms with Gasteiger partial charge in [-0.2, -0.15) is 5.26 Å². The summed E-state index contributed by atoms with van der Waals surface area (Å²) >= 11 is 0. The first kappa shape index (κ1) is 19.4. The standard InChI is InChI=1S/C19H24N4O3/c1-12(2)6-7-23-13(3)8-16(14(23)4)9-17(10-20)19(24)25-11-18-22-21-15(5)26-18/h8-9,12H,6-7,11H2,1-5H3/b17-9+. The Labute approximate surface area is 153 Å². The number of ether oxygens (including phenoxy) is 1. The van der Waals surface area contributed by atoms with E-state index >= 15 is 0 Å². The summed E-state index contributed by atoms with van der Waals surface area (Å²) in [5.41, 5.74) is 2.90. The van der Waals surface area contributed by atoms with Crippen molar-refractivity contribution < 1.29 is 13.9 Å². The van der Waals surface area contributed by atoms with Crippen molar-refractivity contribution >= 4 is 12.0 Å². The molecule has 2 aromatic rings. The molecule has 0 unspecified atom stereocenters. The summed E-state index contributed by atoms with van der Waals surface area (Å²) in [5, 5.41) is 16.7. The first-order valence-corrected chi connectivity index (χ1v) is 8.56. The van der Waals surface area contributed by atoms with E-state index in [2.05, 4.69) is 28.6 Å². The second-order valence-corrected chi connectivity index (χ2v) is 6.62. The van der Waals surface area contributed by atoms with Crippen LogP contribution < -0.4 is 0 Å². The molecular formula is C19H24N4O3. The van der Waals surface area contributed by atoms with E-state index < -0.39 is 5.97 Å². The summed E-state index contributed by atoms with van der Waals surface area (Å²) in [7, 11) is 0. The van der Waals surface area contributed by atoms with Crippen LogP contribution in [0.25, 0.3) is 6.08 Å². The van der Waals surface area contributed by atoms with E-state index in [1.165, 1.54) is 0 Å². The van der Waals surface area contributed by atoms with Crippen LogP contribution in [0.5, 0.6) is 0 Å². The minimum absolute atomic E-state index is 0.0645. The Morgan fingerprint density at radius 2 is 2.12 bits per heavy atom. The molecule has 0 aliphatic rings. The lowest BCUT2D eigenvalue weighted by molar-refractivity contribution is -0.140. The van der Waals surface area contributed by atoms with Gasteiger partial charge in [0.25, 0.3) is 5.89 Å². The van der Waals surface area contributed by atoms with Gasteiger partial charge in [-0.15, -0.1) is 10.2 Å². The zero-order valence-corrected chi connectivity index (χ0v) is 15.9. The molecular weight excluding hydrogens is 332 g/mol. The van der Waals surface area contributed by atoms with Crippen molar-refractivity contribution in [1.82, 2.24) is 14.8 Å². The van der Waals surface area contributed by atoms with Crippen LogP contribution in [0, 0.1) is 38.0 Å². The Morgan fingerprint density at radius 1 is 1.38 bits per heavy atom. The fourth-order valence-corrected chi connectivity index (χ4v) is 2.60. The maximum atomic E-state index is 12.2. The normalized spacial score (nSPS) is 11.7. The Hall–Kier alpha value is -2.88. The lowest BCUT2D eigenvalue weighted by atomic mass is 10.1. The largest absolute Gasteiger partial charge is 0.451 e. The molecule has 0 N–H and O–H groups in total. The smallest absolute Gasteiger partial charge is 0.349 e. The van der Waals surface area contributed by atoms with Crippen LogP contribution in [0.3, 0.4) is 0 Å². The van der Waals surface area contributed by atoms with Gasteiger partial charge in [-0.3, -0.25) is 0 Å². The average Bonchev–Trinajstić information content (AvgIpc) is 3.12. The molecule has 2 rings (SSSR count). The zero-order valence-electron chi connectivity index (χ0n) is 15.9. The number of esters is 1. The molecule has 26 heavy (non-hydrogen) atoms. The number of aromatic nitrogens is 3. The van der Waals surface area contributed by atoms with Crippen LogP contribution in [0.15, 0.2) is 16.1 Å². The minimum atomic E-state index is -0.713. The van der Waals surface area contributed by atoms with Crippen LogP contribution in [-0.2, 0) is 22.7 Å². The summed E-state index contributed by atoms with van der Waals surface area (Å²) < 4.78 is 12.4. The Kier molecular flexibility index (Phi) is 6.34. The molecule has 0 bridgehead atoms. The first-order chi connectivity index (χ1) is 12.3. The van der Waals surface area contributed by atoms with Gasteiger partial charge in [0.15, 0.2) is 6.61 Å². The molecule has 0 aliphatic carbocycles. The van der Waals surface area contributed by atoms with Gasteiger partial charge >= 0.3 is 5.97 Å². The van der Waals surface area contributed by atoms with Gasteiger partial charge in [-0.1, -0.05) is 13.8 Å². The van der Waals surface area contributed by atoms with E-state index in [-0.39, 0.29) is 18.1 Å². The van der Waals surface area contributed by atoms with Gasteiger partial charge < -0.3 is 13.7 Å². The number of carbonyl (C=O) groups is 1. The van der Waals surface area contributed by atoms with Crippen LogP contribution in [0.1, 0.15) is 49.0 Å². The summed E-state index contributed by atoms with van der Waals surface area (Å²) in [4.78, 5) is 12.2. The number of hydrogen-bond donors (Lipinski definition) is 0. The van der Waals surface area contributed by atoms with Crippen LogP contribution in [-0.4, -0.2) is 20.7 Å². The molecule has 0 amide bonds. The zero-order chi connectivity index (χ0) is 19.3. The monoisotopic (exact) mass is 356 g/mol. The second-order valence-electron chi connectivity index (χ2n) is 6.62. The molecule has 7 heteroatoms. The van der Waals surface area contributed by atoms with E-state index in [0.717, 1.165) is 29.9 Å². The molecule has 0 radical (unpaired) electrons. The van der Waals surface area contributed by atoms with E-state index in [1.54, 1.807) is 13.0 Å². The van der Waals surface area contributed by atoms with E-state index in [4.69, 9.17) is 9.15 Å². The predicted molar refractivity (Wildman–Crippen MR) is 95.8 cm³/mol. The number of aryl methyl sites for hydroxylation is 2. The van der Waals surface area contributed by atoms with Crippen molar-refractivity contribution in [3.63, 3.8) is 0 Å². The van der Waals surface area contributed by atoms with Gasteiger partial charge in [0, 0.05) is 24.9 Å². The van der Waals surface area contributed by atoms with Crippen molar-refractivity contribution in [3.05, 3.63) is 40.4 Å². The maximum absolute atomic E-state index is 12.2. The molecule has 0 aliphatic heterocycles. The van der Waals surface area contributed by atoms with Crippen molar-refractivity contribution in [3.8, 4) is 6.07 Å². The molecule has 2 aromatic heterocycles. The van der Waals surface area contributed by atoms with Crippen molar-refractivity contribution in [2.75, 3.05) is 0 Å². The van der Waals surface area contributed by atoms with Crippen LogP contribution in [0.4, 0.5) is 0 Å². The average molecular weight is 356 g/mol. The van der Waals surface area contributed by atoms with Gasteiger partial charge in [0.1, 0.15) is 11.6 Å². The molecule has 0 spiro atoms. The Balaban J connectivity index is 2.13. The number of nitrogens with zero attached hydrogens (tertiary/aromatic N) is 4. The van der Waals surface area contributed by atoms with E-state index in [1.807, 2.05) is 26.0 Å².